The van der Waals surface area contributed by atoms with Crippen LogP contribution in [-0.2, 0) is 12.8 Å². The van der Waals surface area contributed by atoms with E-state index in [-0.39, 0.29) is 6.04 Å². The first-order chi connectivity index (χ1) is 8.83. The normalized spacial score (nSPS) is 12.8. The van der Waals surface area contributed by atoms with Gasteiger partial charge in [-0.05, 0) is 31.5 Å². The molecule has 4 nitrogen and oxygen atoms in total. The fourth-order valence-electron chi connectivity index (χ4n) is 1.89. The summed E-state index contributed by atoms with van der Waals surface area (Å²) in [6, 6.07) is 4.67. The molecule has 0 radical (unpaired) electrons. The zero-order valence-electron chi connectivity index (χ0n) is 10.9. The van der Waals surface area contributed by atoms with Gasteiger partial charge in [0.05, 0.1) is 6.04 Å². The van der Waals surface area contributed by atoms with Crippen molar-refractivity contribution in [1.82, 2.24) is 20.5 Å². The average molecular weight is 264 g/mol. The van der Waals surface area contributed by atoms with Gasteiger partial charge in [0.15, 0.2) is 0 Å². The molecule has 2 heterocycles. The molecule has 1 atom stereocenters. The summed E-state index contributed by atoms with van der Waals surface area (Å²) in [5, 5.41) is 10.4. The van der Waals surface area contributed by atoms with Crippen LogP contribution in [-0.4, -0.2) is 21.7 Å². The van der Waals surface area contributed by atoms with Gasteiger partial charge in [-0.3, -0.25) is 5.10 Å². The van der Waals surface area contributed by atoms with Gasteiger partial charge in [-0.15, -0.1) is 11.3 Å². The summed E-state index contributed by atoms with van der Waals surface area (Å²) in [4.78, 5) is 7.11. The van der Waals surface area contributed by atoms with Crippen LogP contribution in [0.3, 0.4) is 0 Å². The summed E-state index contributed by atoms with van der Waals surface area (Å²) in [7, 11) is 0. The molecule has 18 heavy (non-hydrogen) atoms. The summed E-state index contributed by atoms with van der Waals surface area (Å²) in [5.41, 5.74) is 0. The van der Waals surface area contributed by atoms with Crippen molar-refractivity contribution in [3.8, 4) is 0 Å². The lowest BCUT2D eigenvalue weighted by Crippen LogP contribution is -2.24. The zero-order valence-corrected chi connectivity index (χ0v) is 11.8. The van der Waals surface area contributed by atoms with Crippen LogP contribution in [0.1, 0.15) is 41.9 Å². The molecule has 5 heteroatoms. The van der Waals surface area contributed by atoms with Crippen LogP contribution >= 0.6 is 11.3 Å². The van der Waals surface area contributed by atoms with Crippen molar-refractivity contribution in [2.75, 3.05) is 6.54 Å². The first-order valence-corrected chi connectivity index (χ1v) is 7.31. The molecule has 0 bridgehead atoms. The predicted molar refractivity (Wildman–Crippen MR) is 74.8 cm³/mol. The van der Waals surface area contributed by atoms with Crippen LogP contribution in [0, 0.1) is 0 Å². The number of hydrogen-bond donors (Lipinski definition) is 2. The van der Waals surface area contributed by atoms with Crippen molar-refractivity contribution in [3.05, 3.63) is 34.0 Å². The number of nitrogens with one attached hydrogen (secondary N) is 2. The molecular formula is C13H20N4S. The fraction of sp³-hybridized carbons (Fsp3) is 0.538. The molecule has 0 aliphatic heterocycles. The lowest BCUT2D eigenvalue weighted by molar-refractivity contribution is 0.509. The highest BCUT2D eigenvalue weighted by Crippen LogP contribution is 2.22. The Hall–Kier alpha value is -1.20. The van der Waals surface area contributed by atoms with Gasteiger partial charge in [0.1, 0.15) is 12.2 Å². The van der Waals surface area contributed by atoms with E-state index in [0.717, 1.165) is 31.6 Å². The minimum Gasteiger partial charge on any atom is -0.307 e. The Kier molecular flexibility index (Phi) is 4.90. The lowest BCUT2D eigenvalue weighted by atomic mass is 10.1. The highest BCUT2D eigenvalue weighted by atomic mass is 32.1. The molecule has 0 aliphatic carbocycles. The van der Waals surface area contributed by atoms with E-state index in [1.807, 2.05) is 11.3 Å². The van der Waals surface area contributed by atoms with Gasteiger partial charge in [-0.2, -0.15) is 5.10 Å². The van der Waals surface area contributed by atoms with Gasteiger partial charge >= 0.3 is 0 Å². The Morgan fingerprint density at radius 1 is 1.33 bits per heavy atom. The topological polar surface area (TPSA) is 53.6 Å². The van der Waals surface area contributed by atoms with Crippen LogP contribution in [0.2, 0.25) is 0 Å². The number of aryl methyl sites for hydroxylation is 1. The maximum absolute atomic E-state index is 4.27. The Labute approximate surface area is 112 Å². The molecule has 2 N–H and O–H groups in total. The number of thiophene rings is 1. The Bertz CT molecular complexity index is 449. The van der Waals surface area contributed by atoms with E-state index in [4.69, 9.17) is 0 Å². The number of aromatic nitrogens is 3. The average Bonchev–Trinajstić information content (AvgIpc) is 3.05. The standard InChI is InChI=1S/C13H20N4S/c1-3-7-14-12(13-15-9-16-17-13)8-11-6-5-10(4-2)18-11/h5-6,9,12,14H,3-4,7-8H2,1-2H3,(H,15,16,17). The highest BCUT2D eigenvalue weighted by Gasteiger charge is 2.15. The SMILES string of the molecule is CCCNC(Cc1ccc(CC)s1)c1ncn[nH]1. The first kappa shape index (κ1) is 13.2. The van der Waals surface area contributed by atoms with Crippen molar-refractivity contribution in [1.29, 1.82) is 0 Å². The number of nitrogens with zero attached hydrogens (tertiary/aromatic N) is 2. The van der Waals surface area contributed by atoms with Crippen molar-refractivity contribution in [2.45, 2.75) is 39.2 Å². The van der Waals surface area contributed by atoms with Crippen molar-refractivity contribution < 1.29 is 0 Å². The molecule has 98 valence electrons. The molecule has 1 unspecified atom stereocenters. The molecule has 2 aromatic heterocycles. The highest BCUT2D eigenvalue weighted by molar-refractivity contribution is 7.11. The minimum absolute atomic E-state index is 0.232. The van der Waals surface area contributed by atoms with E-state index in [0.29, 0.717) is 0 Å². The summed E-state index contributed by atoms with van der Waals surface area (Å²) in [5.74, 6) is 0.926. The molecule has 0 fully saturated rings. The monoisotopic (exact) mass is 264 g/mol. The van der Waals surface area contributed by atoms with Gasteiger partial charge in [0.25, 0.3) is 0 Å². The molecule has 0 aromatic carbocycles. The zero-order chi connectivity index (χ0) is 12.8. The van der Waals surface area contributed by atoms with Crippen molar-refractivity contribution >= 4 is 11.3 Å². The smallest absolute Gasteiger partial charge is 0.141 e. The molecule has 0 saturated carbocycles. The third-order valence-electron chi connectivity index (χ3n) is 2.88. The Balaban J connectivity index is 2.04. The van der Waals surface area contributed by atoms with Gasteiger partial charge < -0.3 is 5.32 Å². The van der Waals surface area contributed by atoms with Crippen molar-refractivity contribution in [3.63, 3.8) is 0 Å². The first-order valence-electron chi connectivity index (χ1n) is 6.49. The van der Waals surface area contributed by atoms with Gasteiger partial charge in [-0.25, -0.2) is 4.98 Å². The molecule has 0 aliphatic rings. The molecule has 2 rings (SSSR count). The number of H-pyrrole nitrogens is 1. The van der Waals surface area contributed by atoms with E-state index in [1.54, 1.807) is 6.33 Å². The minimum atomic E-state index is 0.232. The molecular weight excluding hydrogens is 244 g/mol. The van der Waals surface area contributed by atoms with Crippen LogP contribution in [0.5, 0.6) is 0 Å². The predicted octanol–water partition coefficient (Wildman–Crippen LogP) is 2.71. The number of rotatable bonds is 7. The largest absolute Gasteiger partial charge is 0.307 e. The molecule has 0 amide bonds. The van der Waals surface area contributed by atoms with Gasteiger partial charge in [0.2, 0.25) is 0 Å². The van der Waals surface area contributed by atoms with E-state index in [1.165, 1.54) is 9.75 Å². The maximum Gasteiger partial charge on any atom is 0.141 e. The Morgan fingerprint density at radius 2 is 2.17 bits per heavy atom. The quantitative estimate of drug-likeness (QED) is 0.808. The number of aromatic amines is 1. The van der Waals surface area contributed by atoms with E-state index in [2.05, 4.69) is 46.5 Å². The third kappa shape index (κ3) is 3.40. The maximum atomic E-state index is 4.27. The summed E-state index contributed by atoms with van der Waals surface area (Å²) in [6.07, 6.45) is 4.77. The second kappa shape index (κ2) is 6.66. The van der Waals surface area contributed by atoms with Crippen LogP contribution in [0.4, 0.5) is 0 Å². The van der Waals surface area contributed by atoms with E-state index < -0.39 is 0 Å². The van der Waals surface area contributed by atoms with E-state index in [9.17, 15) is 0 Å². The lowest BCUT2D eigenvalue weighted by Gasteiger charge is -2.14. The van der Waals surface area contributed by atoms with Crippen LogP contribution in [0.15, 0.2) is 18.5 Å². The Morgan fingerprint density at radius 3 is 2.78 bits per heavy atom. The second-order valence-corrected chi connectivity index (χ2v) is 5.56. The summed E-state index contributed by atoms with van der Waals surface area (Å²) < 4.78 is 0. The second-order valence-electron chi connectivity index (χ2n) is 4.30. The summed E-state index contributed by atoms with van der Waals surface area (Å²) >= 11 is 1.89. The fourth-order valence-corrected chi connectivity index (χ4v) is 2.89. The van der Waals surface area contributed by atoms with Crippen LogP contribution in [0.25, 0.3) is 0 Å². The molecule has 2 aromatic rings. The summed E-state index contributed by atoms with van der Waals surface area (Å²) in [6.45, 7) is 5.36. The van der Waals surface area contributed by atoms with Crippen LogP contribution < -0.4 is 5.32 Å². The number of hydrogen-bond acceptors (Lipinski definition) is 4. The van der Waals surface area contributed by atoms with E-state index >= 15 is 0 Å². The molecule has 0 saturated heterocycles. The molecule has 0 spiro atoms. The third-order valence-corrected chi connectivity index (χ3v) is 4.13. The van der Waals surface area contributed by atoms with Crippen molar-refractivity contribution in [2.24, 2.45) is 0 Å². The van der Waals surface area contributed by atoms with Gasteiger partial charge in [-0.1, -0.05) is 13.8 Å². The van der Waals surface area contributed by atoms with Gasteiger partial charge in [0, 0.05) is 16.2 Å².